The summed E-state index contributed by atoms with van der Waals surface area (Å²) in [4.78, 5) is 28.4. The Morgan fingerprint density at radius 1 is 1.00 bits per heavy atom. The van der Waals surface area contributed by atoms with Gasteiger partial charge in [-0.05, 0) is 78.6 Å². The third-order valence-corrected chi connectivity index (χ3v) is 9.80. The number of rotatable bonds is 14. The molecule has 0 bridgehead atoms. The Labute approximate surface area is 282 Å². The van der Waals surface area contributed by atoms with Crippen LogP contribution in [0.4, 0.5) is 0 Å². The Bertz CT molecular complexity index is 1850. The molecular formula is C37H44N4O6S. The number of benzene rings is 3. The predicted octanol–water partition coefficient (Wildman–Crippen LogP) is 4.68. The first kappa shape index (κ1) is 33.7. The molecule has 2 heterocycles. The van der Waals surface area contributed by atoms with Gasteiger partial charge in [0.1, 0.15) is 5.75 Å². The highest BCUT2D eigenvalue weighted by Crippen LogP contribution is 2.38. The number of aromatic nitrogens is 1. The van der Waals surface area contributed by atoms with E-state index >= 15 is 0 Å². The molecule has 48 heavy (non-hydrogen) atoms. The van der Waals surface area contributed by atoms with Gasteiger partial charge < -0.3 is 24.3 Å². The molecule has 1 aromatic heterocycles. The highest BCUT2D eigenvalue weighted by molar-refractivity contribution is 7.89. The summed E-state index contributed by atoms with van der Waals surface area (Å²) in [5.41, 5.74) is 5.53. The zero-order valence-electron chi connectivity index (χ0n) is 27.6. The van der Waals surface area contributed by atoms with Crippen LogP contribution in [0.3, 0.4) is 0 Å². The second-order valence-corrected chi connectivity index (χ2v) is 14.6. The molecule has 1 aliphatic heterocycles. The van der Waals surface area contributed by atoms with Gasteiger partial charge in [-0.1, -0.05) is 54.6 Å². The lowest BCUT2D eigenvalue weighted by molar-refractivity contribution is -0.138. The summed E-state index contributed by atoms with van der Waals surface area (Å²) in [5, 5.41) is 4.70. The molecule has 0 unspecified atom stereocenters. The Morgan fingerprint density at radius 2 is 1.79 bits per heavy atom. The van der Waals surface area contributed by atoms with Crippen molar-refractivity contribution in [1.82, 2.24) is 19.5 Å². The minimum Gasteiger partial charge on any atom is -0.484 e. The zero-order chi connectivity index (χ0) is 33.7. The van der Waals surface area contributed by atoms with Crippen molar-refractivity contribution >= 4 is 32.7 Å². The van der Waals surface area contributed by atoms with Crippen LogP contribution >= 0.6 is 0 Å². The lowest BCUT2D eigenvalue weighted by Crippen LogP contribution is -2.47. The minimum absolute atomic E-state index is 0.0892. The molecule has 10 nitrogen and oxygen atoms in total. The number of nitrogens with one attached hydrogen (secondary N) is 2. The summed E-state index contributed by atoms with van der Waals surface area (Å²) in [6, 6.07) is 24.5. The van der Waals surface area contributed by atoms with E-state index in [2.05, 4.69) is 63.4 Å². The Morgan fingerprint density at radius 3 is 2.54 bits per heavy atom. The molecule has 6 rings (SSSR count). The fraction of sp³-hybridized carbons (Fsp3) is 0.405. The summed E-state index contributed by atoms with van der Waals surface area (Å²) in [6.07, 6.45) is 7.04. The number of methoxy groups -OCH3 is 1. The van der Waals surface area contributed by atoms with Crippen LogP contribution in [0.1, 0.15) is 42.7 Å². The van der Waals surface area contributed by atoms with Crippen molar-refractivity contribution in [1.29, 1.82) is 0 Å². The first-order valence-corrected chi connectivity index (χ1v) is 18.5. The van der Waals surface area contributed by atoms with Crippen molar-refractivity contribution in [3.63, 3.8) is 0 Å². The Hall–Kier alpha value is -4.19. The normalized spacial score (nSPS) is 18.0. The van der Waals surface area contributed by atoms with E-state index in [0.717, 1.165) is 61.7 Å². The first-order chi connectivity index (χ1) is 23.2. The van der Waals surface area contributed by atoms with Crippen LogP contribution < -0.4 is 14.8 Å². The van der Waals surface area contributed by atoms with Gasteiger partial charge in [0, 0.05) is 56.5 Å². The number of fused-ring (bicyclic) bond motifs is 1. The van der Waals surface area contributed by atoms with Crippen molar-refractivity contribution in [2.24, 2.45) is 5.92 Å². The maximum Gasteiger partial charge on any atom is 0.271 e. The van der Waals surface area contributed by atoms with Crippen LogP contribution in [0, 0.1) is 5.92 Å². The number of carbonyl (C=O) groups is 2. The molecule has 1 saturated heterocycles. The highest BCUT2D eigenvalue weighted by Gasteiger charge is 2.40. The third kappa shape index (κ3) is 8.26. The van der Waals surface area contributed by atoms with Crippen molar-refractivity contribution < 1.29 is 27.5 Å². The van der Waals surface area contributed by atoms with Crippen LogP contribution in [0.2, 0.25) is 0 Å². The number of hydrogen-bond donors (Lipinski definition) is 2. The second kappa shape index (κ2) is 14.9. The van der Waals surface area contributed by atoms with E-state index in [1.807, 2.05) is 22.9 Å². The van der Waals surface area contributed by atoms with Crippen LogP contribution in [-0.4, -0.2) is 75.4 Å². The molecule has 2 N–H and O–H groups in total. The van der Waals surface area contributed by atoms with Crippen molar-refractivity contribution in [3.8, 4) is 16.9 Å². The van der Waals surface area contributed by atoms with E-state index < -0.39 is 22.5 Å². The van der Waals surface area contributed by atoms with Crippen LogP contribution in [0.15, 0.2) is 79.0 Å². The van der Waals surface area contributed by atoms with Crippen LogP contribution in [-0.2, 0) is 37.4 Å². The topological polar surface area (TPSA) is 119 Å². The molecule has 2 fully saturated rings. The first-order valence-electron chi connectivity index (χ1n) is 16.6. The van der Waals surface area contributed by atoms with Gasteiger partial charge in [-0.15, -0.1) is 0 Å². The summed E-state index contributed by atoms with van der Waals surface area (Å²) in [7, 11) is -1.91. The van der Waals surface area contributed by atoms with E-state index in [-0.39, 0.29) is 23.8 Å². The van der Waals surface area contributed by atoms with E-state index in [4.69, 9.17) is 9.47 Å². The minimum atomic E-state index is -3.64. The SMILES string of the molecule is COCCCn1cc(CN(C(=O)[C@H]2CNCC[C@@H]2c2cccc(-c3ccc(OCC(=O)NS(C)(=O)=O)cc3)c2)C2CC2)c2ccccc21. The number of hydrogen-bond acceptors (Lipinski definition) is 7. The number of aryl methyl sites for hydroxylation is 1. The van der Waals surface area contributed by atoms with Gasteiger partial charge in [0.25, 0.3) is 5.91 Å². The molecule has 0 radical (unpaired) electrons. The maximum atomic E-state index is 14.5. The van der Waals surface area contributed by atoms with Gasteiger partial charge in [-0.25, -0.2) is 8.42 Å². The largest absolute Gasteiger partial charge is 0.484 e. The molecule has 254 valence electrons. The van der Waals surface area contributed by atoms with Crippen molar-refractivity contribution in [2.75, 3.05) is 39.7 Å². The van der Waals surface area contributed by atoms with E-state index in [0.29, 0.717) is 25.4 Å². The summed E-state index contributed by atoms with van der Waals surface area (Å²) in [5.74, 6) is -0.131. The van der Waals surface area contributed by atoms with Crippen LogP contribution in [0.5, 0.6) is 5.75 Å². The Balaban J connectivity index is 1.18. The average molecular weight is 673 g/mol. The summed E-state index contributed by atoms with van der Waals surface area (Å²) >= 11 is 0. The van der Waals surface area contributed by atoms with Gasteiger partial charge in [-0.3, -0.25) is 14.3 Å². The Kier molecular flexibility index (Phi) is 10.5. The van der Waals surface area contributed by atoms with Crippen molar-refractivity contribution in [3.05, 3.63) is 90.1 Å². The van der Waals surface area contributed by atoms with Gasteiger partial charge in [-0.2, -0.15) is 0 Å². The van der Waals surface area contributed by atoms with E-state index in [9.17, 15) is 18.0 Å². The van der Waals surface area contributed by atoms with Crippen LogP contribution in [0.25, 0.3) is 22.0 Å². The van der Waals surface area contributed by atoms with Gasteiger partial charge in [0.15, 0.2) is 6.61 Å². The van der Waals surface area contributed by atoms with Gasteiger partial charge >= 0.3 is 0 Å². The molecule has 3 aromatic carbocycles. The second-order valence-electron chi connectivity index (χ2n) is 12.9. The standard InChI is InChI=1S/C37H44N4O6S/c1-46-20-6-19-40-23-29(33-9-3-4-10-35(33)40)24-41(30-13-14-30)37(43)34-22-38-18-17-32(34)28-8-5-7-27(21-28)26-11-15-31(16-12-26)47-25-36(42)39-48(2,44)45/h3-5,7-12,15-16,21,23,30,32,34,38H,6,13-14,17-20,22,24-25H2,1-2H3,(H,39,42)/t32-,34+/m1/s1. The molecule has 11 heteroatoms. The number of carbonyl (C=O) groups excluding carboxylic acids is 2. The number of amides is 2. The summed E-state index contributed by atoms with van der Waals surface area (Å²) < 4.78 is 37.5. The molecular weight excluding hydrogens is 628 g/mol. The number of piperidine rings is 1. The molecule has 1 saturated carbocycles. The number of ether oxygens (including phenoxy) is 2. The van der Waals surface area contributed by atoms with E-state index in [1.54, 1.807) is 19.2 Å². The summed E-state index contributed by atoms with van der Waals surface area (Å²) in [6.45, 7) is 3.29. The lowest BCUT2D eigenvalue weighted by atomic mass is 9.79. The van der Waals surface area contributed by atoms with Gasteiger partial charge in [0.05, 0.1) is 12.2 Å². The molecule has 2 amide bonds. The fourth-order valence-corrected chi connectivity index (χ4v) is 7.25. The molecule has 4 aromatic rings. The molecule has 2 atom stereocenters. The third-order valence-electron chi connectivity index (χ3n) is 9.20. The fourth-order valence-electron chi connectivity index (χ4n) is 6.78. The predicted molar refractivity (Wildman–Crippen MR) is 186 cm³/mol. The lowest BCUT2D eigenvalue weighted by Gasteiger charge is -2.36. The smallest absolute Gasteiger partial charge is 0.271 e. The molecule has 2 aliphatic rings. The van der Waals surface area contributed by atoms with E-state index in [1.165, 1.54) is 16.5 Å². The highest BCUT2D eigenvalue weighted by atomic mass is 32.2. The number of nitrogens with zero attached hydrogens (tertiary/aromatic N) is 2. The molecule has 1 aliphatic carbocycles. The molecule has 0 spiro atoms. The average Bonchev–Trinajstić information content (AvgIpc) is 3.88. The quantitative estimate of drug-likeness (QED) is 0.187. The monoisotopic (exact) mass is 672 g/mol. The number of para-hydroxylation sites is 1. The van der Waals surface area contributed by atoms with Gasteiger partial charge in [0.2, 0.25) is 15.9 Å². The number of sulfonamides is 1. The van der Waals surface area contributed by atoms with Crippen molar-refractivity contribution in [2.45, 2.75) is 50.7 Å². The maximum absolute atomic E-state index is 14.5. The zero-order valence-corrected chi connectivity index (χ0v) is 28.4.